The summed E-state index contributed by atoms with van der Waals surface area (Å²) in [6.45, 7) is 7.99. The van der Waals surface area contributed by atoms with E-state index in [2.05, 4.69) is 33.7 Å². The number of rotatable bonds is 5. The van der Waals surface area contributed by atoms with Crippen molar-refractivity contribution < 1.29 is 0 Å². The molecule has 96 valence electrons. The number of hydrogen-bond donors (Lipinski definition) is 1. The van der Waals surface area contributed by atoms with Gasteiger partial charge in [-0.2, -0.15) is 0 Å². The van der Waals surface area contributed by atoms with E-state index in [1.165, 1.54) is 5.69 Å². The van der Waals surface area contributed by atoms with E-state index in [9.17, 15) is 0 Å². The third-order valence-electron chi connectivity index (χ3n) is 3.04. The van der Waals surface area contributed by atoms with Crippen molar-refractivity contribution in [3.8, 4) is 0 Å². The van der Waals surface area contributed by atoms with Crippen molar-refractivity contribution in [3.63, 3.8) is 0 Å². The number of aromatic nitrogens is 3. The molecule has 0 unspecified atom stereocenters. The molecule has 0 aliphatic heterocycles. The summed E-state index contributed by atoms with van der Waals surface area (Å²) in [6.07, 6.45) is 2.98. The minimum atomic E-state index is 0.772. The number of anilines is 1. The topological polar surface area (TPSA) is 42.7 Å². The molecule has 0 bridgehead atoms. The molecule has 0 saturated heterocycles. The zero-order chi connectivity index (χ0) is 13.0. The number of nitrogens with zero attached hydrogens (tertiary/aromatic N) is 3. The molecule has 1 N–H and O–H groups in total. The summed E-state index contributed by atoms with van der Waals surface area (Å²) in [6, 6.07) is 6.09. The summed E-state index contributed by atoms with van der Waals surface area (Å²) in [5.74, 6) is 0.948. The molecule has 0 radical (unpaired) electrons. The fourth-order valence-electron chi connectivity index (χ4n) is 1.80. The molecule has 0 aliphatic carbocycles. The SMILES string of the molecule is CCCNc1cccc(Cn2cnc(C)c2C)n1. The first-order chi connectivity index (χ1) is 8.70. The Labute approximate surface area is 108 Å². The molecule has 18 heavy (non-hydrogen) atoms. The summed E-state index contributed by atoms with van der Waals surface area (Å²) >= 11 is 0. The van der Waals surface area contributed by atoms with Crippen LogP contribution in [-0.4, -0.2) is 21.1 Å². The van der Waals surface area contributed by atoms with Gasteiger partial charge in [0.05, 0.1) is 24.3 Å². The van der Waals surface area contributed by atoms with Crippen LogP contribution >= 0.6 is 0 Å². The monoisotopic (exact) mass is 244 g/mol. The second-order valence-electron chi connectivity index (χ2n) is 4.48. The molecule has 4 nitrogen and oxygen atoms in total. The quantitative estimate of drug-likeness (QED) is 0.879. The molecule has 2 aromatic heterocycles. The lowest BCUT2D eigenvalue weighted by Crippen LogP contribution is -2.06. The van der Waals surface area contributed by atoms with Crippen LogP contribution in [0.15, 0.2) is 24.5 Å². The lowest BCUT2D eigenvalue weighted by atomic mass is 10.3. The van der Waals surface area contributed by atoms with E-state index >= 15 is 0 Å². The number of nitrogens with one attached hydrogen (secondary N) is 1. The van der Waals surface area contributed by atoms with Gasteiger partial charge in [-0.3, -0.25) is 0 Å². The molecule has 0 aliphatic rings. The summed E-state index contributed by atoms with van der Waals surface area (Å²) in [5.41, 5.74) is 3.33. The van der Waals surface area contributed by atoms with Crippen LogP contribution in [0.3, 0.4) is 0 Å². The van der Waals surface area contributed by atoms with Crippen molar-refractivity contribution in [2.45, 2.75) is 33.7 Å². The van der Waals surface area contributed by atoms with Gasteiger partial charge in [-0.25, -0.2) is 9.97 Å². The Kier molecular flexibility index (Phi) is 3.97. The Morgan fingerprint density at radius 1 is 1.28 bits per heavy atom. The molecular formula is C14H20N4. The zero-order valence-electron chi connectivity index (χ0n) is 11.3. The van der Waals surface area contributed by atoms with Crippen molar-refractivity contribution in [3.05, 3.63) is 41.6 Å². The van der Waals surface area contributed by atoms with Crippen LogP contribution in [0, 0.1) is 13.8 Å². The van der Waals surface area contributed by atoms with E-state index in [-0.39, 0.29) is 0 Å². The second kappa shape index (κ2) is 5.67. The molecular weight excluding hydrogens is 224 g/mol. The fourth-order valence-corrected chi connectivity index (χ4v) is 1.80. The predicted octanol–water partition coefficient (Wildman–Crippen LogP) is 2.77. The first-order valence-corrected chi connectivity index (χ1v) is 6.39. The smallest absolute Gasteiger partial charge is 0.126 e. The van der Waals surface area contributed by atoms with Gasteiger partial charge >= 0.3 is 0 Å². The van der Waals surface area contributed by atoms with E-state index < -0.39 is 0 Å². The predicted molar refractivity (Wildman–Crippen MR) is 73.8 cm³/mol. The maximum absolute atomic E-state index is 4.60. The van der Waals surface area contributed by atoms with Crippen molar-refractivity contribution in [1.29, 1.82) is 0 Å². The number of imidazole rings is 1. The standard InChI is InChI=1S/C14H20N4/c1-4-8-15-14-7-5-6-13(17-14)9-18-10-16-11(2)12(18)3/h5-7,10H,4,8-9H2,1-3H3,(H,15,17). The minimum absolute atomic E-state index is 0.772. The Balaban J connectivity index is 2.11. The number of pyridine rings is 1. The summed E-state index contributed by atoms with van der Waals surface area (Å²) in [5, 5.41) is 3.30. The molecule has 0 fully saturated rings. The maximum atomic E-state index is 4.60. The van der Waals surface area contributed by atoms with Crippen LogP contribution in [0.2, 0.25) is 0 Å². The Hall–Kier alpha value is -1.84. The van der Waals surface area contributed by atoms with E-state index in [0.29, 0.717) is 0 Å². The van der Waals surface area contributed by atoms with Gasteiger partial charge in [0.15, 0.2) is 0 Å². The molecule has 0 aromatic carbocycles. The van der Waals surface area contributed by atoms with E-state index in [1.54, 1.807) is 0 Å². The van der Waals surface area contributed by atoms with Gasteiger partial charge in [0.2, 0.25) is 0 Å². The second-order valence-corrected chi connectivity index (χ2v) is 4.48. The molecule has 0 atom stereocenters. The van der Waals surface area contributed by atoms with Crippen LogP contribution in [0.1, 0.15) is 30.4 Å². The van der Waals surface area contributed by atoms with Gasteiger partial charge in [0, 0.05) is 12.2 Å². The van der Waals surface area contributed by atoms with Gasteiger partial charge in [0.1, 0.15) is 5.82 Å². The Morgan fingerprint density at radius 3 is 2.78 bits per heavy atom. The Morgan fingerprint density at radius 2 is 2.11 bits per heavy atom. The van der Waals surface area contributed by atoms with E-state index in [4.69, 9.17) is 0 Å². The fraction of sp³-hybridized carbons (Fsp3) is 0.429. The highest BCUT2D eigenvalue weighted by Crippen LogP contribution is 2.10. The summed E-state index contributed by atoms with van der Waals surface area (Å²) in [7, 11) is 0. The molecule has 0 amide bonds. The van der Waals surface area contributed by atoms with Crippen molar-refractivity contribution in [2.75, 3.05) is 11.9 Å². The van der Waals surface area contributed by atoms with Gasteiger partial charge in [-0.05, 0) is 32.4 Å². The van der Waals surface area contributed by atoms with Crippen LogP contribution in [0.5, 0.6) is 0 Å². The third kappa shape index (κ3) is 2.88. The molecule has 2 aromatic rings. The zero-order valence-corrected chi connectivity index (χ0v) is 11.3. The van der Waals surface area contributed by atoms with Gasteiger partial charge in [-0.15, -0.1) is 0 Å². The summed E-state index contributed by atoms with van der Waals surface area (Å²) < 4.78 is 2.13. The highest BCUT2D eigenvalue weighted by molar-refractivity contribution is 5.35. The molecule has 0 spiro atoms. The first kappa shape index (κ1) is 12.6. The van der Waals surface area contributed by atoms with Crippen LogP contribution in [-0.2, 0) is 6.54 Å². The molecule has 0 saturated carbocycles. The van der Waals surface area contributed by atoms with Crippen LogP contribution in [0.4, 0.5) is 5.82 Å². The van der Waals surface area contributed by atoms with E-state index in [0.717, 1.165) is 36.7 Å². The van der Waals surface area contributed by atoms with Gasteiger partial charge < -0.3 is 9.88 Å². The highest BCUT2D eigenvalue weighted by atomic mass is 15.1. The van der Waals surface area contributed by atoms with Crippen molar-refractivity contribution >= 4 is 5.82 Å². The van der Waals surface area contributed by atoms with Gasteiger partial charge in [-0.1, -0.05) is 13.0 Å². The number of hydrogen-bond acceptors (Lipinski definition) is 3. The number of aryl methyl sites for hydroxylation is 1. The summed E-state index contributed by atoms with van der Waals surface area (Å²) in [4.78, 5) is 8.90. The van der Waals surface area contributed by atoms with Crippen molar-refractivity contribution in [2.24, 2.45) is 0 Å². The molecule has 2 heterocycles. The van der Waals surface area contributed by atoms with Gasteiger partial charge in [0.25, 0.3) is 0 Å². The largest absolute Gasteiger partial charge is 0.370 e. The van der Waals surface area contributed by atoms with Crippen LogP contribution < -0.4 is 5.32 Å². The van der Waals surface area contributed by atoms with Crippen LogP contribution in [0.25, 0.3) is 0 Å². The highest BCUT2D eigenvalue weighted by Gasteiger charge is 2.04. The maximum Gasteiger partial charge on any atom is 0.126 e. The Bertz CT molecular complexity index is 516. The lowest BCUT2D eigenvalue weighted by molar-refractivity contribution is 0.748. The normalized spacial score (nSPS) is 10.6. The molecule has 2 rings (SSSR count). The average molecular weight is 244 g/mol. The van der Waals surface area contributed by atoms with Crippen molar-refractivity contribution in [1.82, 2.24) is 14.5 Å². The lowest BCUT2D eigenvalue weighted by Gasteiger charge is -2.08. The van der Waals surface area contributed by atoms with E-state index in [1.807, 2.05) is 31.5 Å². The average Bonchev–Trinajstić information content (AvgIpc) is 2.69. The first-order valence-electron chi connectivity index (χ1n) is 6.39. The third-order valence-corrected chi connectivity index (χ3v) is 3.04. The minimum Gasteiger partial charge on any atom is -0.370 e. The molecule has 4 heteroatoms.